The second-order valence-corrected chi connectivity index (χ2v) is 14.6. The van der Waals surface area contributed by atoms with Gasteiger partial charge in [-0.15, -0.1) is 0 Å². The molecular formula is C54H36N2. The van der Waals surface area contributed by atoms with Gasteiger partial charge in [0.15, 0.2) is 0 Å². The van der Waals surface area contributed by atoms with Gasteiger partial charge in [-0.2, -0.15) is 0 Å². The lowest BCUT2D eigenvalue weighted by molar-refractivity contribution is 1.18. The van der Waals surface area contributed by atoms with Gasteiger partial charge < -0.3 is 9.47 Å². The third kappa shape index (κ3) is 5.42. The number of para-hydroxylation sites is 2. The SMILES string of the molecule is c1ccc(-n2c3ccccc3c3c(N(c4ccc5ccccc5c4)c4ccc5cc(-c6ccc(-c7ccc8ccccc8c7)cc6)ccc5c4)cccc32)cc1. The molecule has 2 nitrogen and oxygen atoms in total. The molecule has 0 spiro atoms. The summed E-state index contributed by atoms with van der Waals surface area (Å²) in [6.07, 6.45) is 0. The van der Waals surface area contributed by atoms with Crippen molar-refractivity contribution < 1.29 is 0 Å². The molecule has 11 rings (SSSR count). The van der Waals surface area contributed by atoms with E-state index in [-0.39, 0.29) is 0 Å². The Balaban J connectivity index is 1.03. The Labute approximate surface area is 325 Å². The Morgan fingerprint density at radius 1 is 0.304 bits per heavy atom. The molecule has 11 aromatic rings. The van der Waals surface area contributed by atoms with Crippen LogP contribution in [0.15, 0.2) is 218 Å². The number of fused-ring (bicyclic) bond motifs is 6. The topological polar surface area (TPSA) is 8.17 Å². The molecule has 0 saturated heterocycles. The summed E-state index contributed by atoms with van der Waals surface area (Å²) in [5.74, 6) is 0. The molecule has 10 aromatic carbocycles. The number of nitrogens with zero attached hydrogens (tertiary/aromatic N) is 2. The van der Waals surface area contributed by atoms with Crippen LogP contribution in [0.4, 0.5) is 17.1 Å². The molecule has 0 saturated carbocycles. The number of hydrogen-bond donors (Lipinski definition) is 0. The predicted molar refractivity (Wildman–Crippen MR) is 239 cm³/mol. The van der Waals surface area contributed by atoms with Gasteiger partial charge in [0.25, 0.3) is 0 Å². The van der Waals surface area contributed by atoms with Crippen molar-refractivity contribution in [3.05, 3.63) is 218 Å². The summed E-state index contributed by atoms with van der Waals surface area (Å²) in [6, 6.07) is 79.6. The van der Waals surface area contributed by atoms with E-state index >= 15 is 0 Å². The molecular weight excluding hydrogens is 677 g/mol. The van der Waals surface area contributed by atoms with E-state index in [0.717, 1.165) is 22.7 Å². The summed E-state index contributed by atoms with van der Waals surface area (Å²) in [7, 11) is 0. The first kappa shape index (κ1) is 32.0. The van der Waals surface area contributed by atoms with Crippen molar-refractivity contribution in [2.24, 2.45) is 0 Å². The van der Waals surface area contributed by atoms with Crippen molar-refractivity contribution in [1.82, 2.24) is 4.57 Å². The van der Waals surface area contributed by atoms with Crippen molar-refractivity contribution >= 4 is 71.2 Å². The Morgan fingerprint density at radius 2 is 0.768 bits per heavy atom. The monoisotopic (exact) mass is 712 g/mol. The minimum Gasteiger partial charge on any atom is -0.310 e. The molecule has 1 heterocycles. The van der Waals surface area contributed by atoms with Crippen molar-refractivity contribution in [3.8, 4) is 27.9 Å². The molecule has 0 aliphatic heterocycles. The Morgan fingerprint density at radius 3 is 1.45 bits per heavy atom. The number of anilines is 3. The zero-order chi connectivity index (χ0) is 37.0. The third-order valence-electron chi connectivity index (χ3n) is 11.3. The first-order chi connectivity index (χ1) is 27.7. The maximum atomic E-state index is 2.44. The fourth-order valence-electron chi connectivity index (χ4n) is 8.56. The number of hydrogen-bond acceptors (Lipinski definition) is 1. The van der Waals surface area contributed by atoms with E-state index in [1.165, 1.54) is 76.4 Å². The van der Waals surface area contributed by atoms with Crippen LogP contribution in [0.1, 0.15) is 0 Å². The summed E-state index contributed by atoms with van der Waals surface area (Å²) in [6.45, 7) is 0. The summed E-state index contributed by atoms with van der Waals surface area (Å²) < 4.78 is 2.39. The molecule has 2 heteroatoms. The van der Waals surface area contributed by atoms with E-state index in [4.69, 9.17) is 0 Å². The molecule has 0 atom stereocenters. The predicted octanol–water partition coefficient (Wildman–Crippen LogP) is 15.0. The zero-order valence-electron chi connectivity index (χ0n) is 30.7. The minimum atomic E-state index is 1.12. The van der Waals surface area contributed by atoms with E-state index in [1.807, 2.05) is 0 Å². The van der Waals surface area contributed by atoms with Crippen LogP contribution in [0.25, 0.3) is 82.1 Å². The average Bonchev–Trinajstić information content (AvgIpc) is 3.61. The largest absolute Gasteiger partial charge is 0.310 e. The summed E-state index contributed by atoms with van der Waals surface area (Å²) in [5.41, 5.74) is 11.8. The smallest absolute Gasteiger partial charge is 0.0562 e. The molecule has 0 bridgehead atoms. The maximum absolute atomic E-state index is 2.44. The molecule has 1 aromatic heterocycles. The van der Waals surface area contributed by atoms with Gasteiger partial charge in [0, 0.05) is 27.8 Å². The van der Waals surface area contributed by atoms with Gasteiger partial charge >= 0.3 is 0 Å². The molecule has 262 valence electrons. The molecule has 56 heavy (non-hydrogen) atoms. The summed E-state index contributed by atoms with van der Waals surface area (Å²) >= 11 is 0. The highest BCUT2D eigenvalue weighted by Crippen LogP contribution is 2.45. The van der Waals surface area contributed by atoms with Crippen LogP contribution in [0, 0.1) is 0 Å². The molecule has 0 amide bonds. The van der Waals surface area contributed by atoms with E-state index < -0.39 is 0 Å². The van der Waals surface area contributed by atoms with Gasteiger partial charge in [0.1, 0.15) is 0 Å². The zero-order valence-corrected chi connectivity index (χ0v) is 30.7. The van der Waals surface area contributed by atoms with E-state index in [9.17, 15) is 0 Å². The molecule has 0 radical (unpaired) electrons. The second kappa shape index (κ2) is 13.2. The summed E-state index contributed by atoms with van der Waals surface area (Å²) in [4.78, 5) is 2.44. The fourth-order valence-corrected chi connectivity index (χ4v) is 8.56. The van der Waals surface area contributed by atoms with E-state index in [0.29, 0.717) is 0 Å². The maximum Gasteiger partial charge on any atom is 0.0562 e. The van der Waals surface area contributed by atoms with Crippen molar-refractivity contribution in [2.45, 2.75) is 0 Å². The first-order valence-corrected chi connectivity index (χ1v) is 19.3. The lowest BCUT2D eigenvalue weighted by Gasteiger charge is -2.27. The Hall–Kier alpha value is -7.42. The van der Waals surface area contributed by atoms with Crippen molar-refractivity contribution in [3.63, 3.8) is 0 Å². The minimum absolute atomic E-state index is 1.12. The number of rotatable bonds is 6. The normalized spacial score (nSPS) is 11.6. The molecule has 0 aliphatic rings. The lowest BCUT2D eigenvalue weighted by Crippen LogP contribution is -2.10. The van der Waals surface area contributed by atoms with Gasteiger partial charge in [-0.3, -0.25) is 0 Å². The lowest BCUT2D eigenvalue weighted by atomic mass is 9.97. The highest BCUT2D eigenvalue weighted by atomic mass is 15.1. The molecule has 0 aliphatic carbocycles. The Kier molecular flexibility index (Phi) is 7.53. The average molecular weight is 713 g/mol. The quantitative estimate of drug-likeness (QED) is 0.167. The van der Waals surface area contributed by atoms with E-state index in [1.54, 1.807) is 0 Å². The second-order valence-electron chi connectivity index (χ2n) is 14.6. The Bertz CT molecular complexity index is 3250. The highest BCUT2D eigenvalue weighted by molar-refractivity contribution is 6.17. The van der Waals surface area contributed by atoms with E-state index in [2.05, 4.69) is 228 Å². The van der Waals surface area contributed by atoms with Crippen LogP contribution in [-0.2, 0) is 0 Å². The van der Waals surface area contributed by atoms with Crippen LogP contribution in [0.2, 0.25) is 0 Å². The van der Waals surface area contributed by atoms with Crippen molar-refractivity contribution in [2.75, 3.05) is 4.90 Å². The van der Waals surface area contributed by atoms with Crippen molar-refractivity contribution in [1.29, 1.82) is 0 Å². The number of aromatic nitrogens is 1. The molecule has 0 unspecified atom stereocenters. The van der Waals surface area contributed by atoms with Crippen LogP contribution in [0.5, 0.6) is 0 Å². The molecule has 0 fully saturated rings. The fraction of sp³-hybridized carbons (Fsp3) is 0. The van der Waals surface area contributed by atoms with Gasteiger partial charge in [0.05, 0.1) is 16.7 Å². The van der Waals surface area contributed by atoms with Crippen LogP contribution >= 0.6 is 0 Å². The first-order valence-electron chi connectivity index (χ1n) is 19.3. The van der Waals surface area contributed by atoms with Crippen LogP contribution < -0.4 is 4.90 Å². The third-order valence-corrected chi connectivity index (χ3v) is 11.3. The van der Waals surface area contributed by atoms with Crippen LogP contribution in [-0.4, -0.2) is 4.57 Å². The van der Waals surface area contributed by atoms with Gasteiger partial charge in [0.2, 0.25) is 0 Å². The summed E-state index contributed by atoms with van der Waals surface area (Å²) in [5, 5.41) is 9.83. The number of benzene rings is 10. The van der Waals surface area contributed by atoms with Crippen LogP contribution in [0.3, 0.4) is 0 Å². The highest BCUT2D eigenvalue weighted by Gasteiger charge is 2.21. The standard InChI is InChI=1S/C54H36N2/c1-2-15-47(16-3-1)56-51-18-9-8-17-50(51)54-52(19-10-20-53(54)56)55(48-31-29-38-12-5-7-14-42(38)35-48)49-32-30-45-34-44(27-28-46(45)36-49)40-23-21-39(22-24-40)43-26-25-37-11-4-6-13-41(37)33-43/h1-36H. The van der Waals surface area contributed by atoms with Gasteiger partial charge in [-0.05, 0) is 121 Å². The van der Waals surface area contributed by atoms with Gasteiger partial charge in [-0.25, -0.2) is 0 Å². The molecule has 0 N–H and O–H groups in total. The van der Waals surface area contributed by atoms with Gasteiger partial charge in [-0.1, -0.05) is 152 Å².